The summed E-state index contributed by atoms with van der Waals surface area (Å²) in [4.78, 5) is 0. The standard InChI is InChI=1S/C36H22N2S/c1-2-9-25(10-3-1)38-32-13-7-5-11-27(32)28-17-14-24-15-18-29-30-22-26(37-21-20-23-8-4-6-12-31(23)37)16-19-33(30)39-36(29)34(24)35(28)38/h1-22H. The topological polar surface area (TPSA) is 9.86 Å². The van der Waals surface area contributed by atoms with Gasteiger partial charge in [-0.3, -0.25) is 0 Å². The van der Waals surface area contributed by atoms with Gasteiger partial charge in [-0.2, -0.15) is 0 Å². The van der Waals surface area contributed by atoms with E-state index in [0.29, 0.717) is 0 Å². The summed E-state index contributed by atoms with van der Waals surface area (Å²) in [5.41, 5.74) is 6.15. The Balaban J connectivity index is 1.41. The molecule has 3 aromatic heterocycles. The molecule has 0 aliphatic carbocycles. The average molecular weight is 515 g/mol. The van der Waals surface area contributed by atoms with E-state index in [2.05, 4.69) is 143 Å². The number of hydrogen-bond acceptors (Lipinski definition) is 1. The molecule has 9 aromatic rings. The first-order valence-electron chi connectivity index (χ1n) is 13.3. The van der Waals surface area contributed by atoms with Crippen LogP contribution in [0.4, 0.5) is 0 Å². The molecule has 3 heterocycles. The van der Waals surface area contributed by atoms with Crippen molar-refractivity contribution in [3.8, 4) is 11.4 Å². The molecule has 0 aliphatic rings. The first-order valence-corrected chi connectivity index (χ1v) is 14.1. The maximum Gasteiger partial charge on any atom is 0.0633 e. The summed E-state index contributed by atoms with van der Waals surface area (Å²) in [6.07, 6.45) is 2.18. The number of hydrogen-bond donors (Lipinski definition) is 0. The van der Waals surface area contributed by atoms with Crippen LogP contribution in [0.25, 0.3) is 75.0 Å². The van der Waals surface area contributed by atoms with Crippen LogP contribution in [0.2, 0.25) is 0 Å². The third-order valence-corrected chi connectivity index (χ3v) is 9.33. The molecule has 0 unspecified atom stereocenters. The van der Waals surface area contributed by atoms with E-state index in [-0.39, 0.29) is 0 Å². The normalized spacial score (nSPS) is 12.1. The number of para-hydroxylation sites is 3. The molecule has 0 N–H and O–H groups in total. The second-order valence-corrected chi connectivity index (χ2v) is 11.3. The smallest absolute Gasteiger partial charge is 0.0633 e. The van der Waals surface area contributed by atoms with Crippen molar-refractivity contribution in [3.05, 3.63) is 134 Å². The minimum absolute atomic E-state index is 1.19. The first-order chi connectivity index (χ1) is 19.3. The van der Waals surface area contributed by atoms with Gasteiger partial charge in [-0.05, 0) is 59.3 Å². The van der Waals surface area contributed by atoms with Crippen molar-refractivity contribution < 1.29 is 0 Å². The summed E-state index contributed by atoms with van der Waals surface area (Å²) in [5.74, 6) is 0. The quantitative estimate of drug-likeness (QED) is 0.217. The Bertz CT molecular complexity index is 2390. The van der Waals surface area contributed by atoms with Gasteiger partial charge in [-0.15, -0.1) is 11.3 Å². The number of aromatic nitrogens is 2. The van der Waals surface area contributed by atoms with E-state index in [9.17, 15) is 0 Å². The highest BCUT2D eigenvalue weighted by Gasteiger charge is 2.18. The molecule has 182 valence electrons. The highest BCUT2D eigenvalue weighted by molar-refractivity contribution is 7.26. The van der Waals surface area contributed by atoms with Gasteiger partial charge in [0.05, 0.1) is 16.6 Å². The minimum atomic E-state index is 1.19. The van der Waals surface area contributed by atoms with Gasteiger partial charge >= 0.3 is 0 Å². The van der Waals surface area contributed by atoms with Gasteiger partial charge in [0, 0.05) is 53.9 Å². The molecule has 0 saturated heterocycles. The van der Waals surface area contributed by atoms with Crippen LogP contribution in [0, 0.1) is 0 Å². The number of benzene rings is 6. The predicted octanol–water partition coefficient (Wildman–Crippen LogP) is 10.2. The summed E-state index contributed by atoms with van der Waals surface area (Å²) < 4.78 is 7.42. The van der Waals surface area contributed by atoms with Gasteiger partial charge in [0.15, 0.2) is 0 Å². The van der Waals surface area contributed by atoms with Gasteiger partial charge in [0.25, 0.3) is 0 Å². The lowest BCUT2D eigenvalue weighted by Crippen LogP contribution is -1.93. The van der Waals surface area contributed by atoms with Crippen molar-refractivity contribution in [1.29, 1.82) is 0 Å². The fourth-order valence-corrected chi connectivity index (χ4v) is 7.62. The Morgan fingerprint density at radius 1 is 0.487 bits per heavy atom. The molecule has 0 atom stereocenters. The number of rotatable bonds is 2. The second-order valence-electron chi connectivity index (χ2n) is 10.2. The number of fused-ring (bicyclic) bond motifs is 10. The van der Waals surface area contributed by atoms with Crippen molar-refractivity contribution in [3.63, 3.8) is 0 Å². The zero-order chi connectivity index (χ0) is 25.5. The second kappa shape index (κ2) is 7.83. The third-order valence-electron chi connectivity index (χ3n) is 8.13. The van der Waals surface area contributed by atoms with Crippen molar-refractivity contribution in [2.45, 2.75) is 0 Å². The van der Waals surface area contributed by atoms with E-state index < -0.39 is 0 Å². The lowest BCUT2D eigenvalue weighted by Gasteiger charge is -2.10. The van der Waals surface area contributed by atoms with E-state index in [0.717, 1.165) is 0 Å². The van der Waals surface area contributed by atoms with Gasteiger partial charge in [0.1, 0.15) is 0 Å². The van der Waals surface area contributed by atoms with Gasteiger partial charge < -0.3 is 9.13 Å². The van der Waals surface area contributed by atoms with Crippen LogP contribution < -0.4 is 0 Å². The highest BCUT2D eigenvalue weighted by Crippen LogP contribution is 2.44. The SMILES string of the molecule is c1ccc(-n2c3ccccc3c3ccc4ccc5c6cc(-n7ccc8ccccc87)ccc6sc5c4c32)cc1. The number of thiophene rings is 1. The van der Waals surface area contributed by atoms with Crippen LogP contribution in [-0.2, 0) is 0 Å². The molecule has 3 heteroatoms. The Morgan fingerprint density at radius 3 is 2.15 bits per heavy atom. The lowest BCUT2D eigenvalue weighted by atomic mass is 10.0. The van der Waals surface area contributed by atoms with E-state index in [1.165, 1.54) is 75.0 Å². The fraction of sp³-hybridized carbons (Fsp3) is 0. The molecular formula is C36H22N2S. The maximum atomic E-state index is 2.45. The molecule has 0 bridgehead atoms. The van der Waals surface area contributed by atoms with E-state index in [1.807, 2.05) is 11.3 Å². The van der Waals surface area contributed by atoms with E-state index >= 15 is 0 Å². The molecule has 0 saturated carbocycles. The monoisotopic (exact) mass is 514 g/mol. The van der Waals surface area contributed by atoms with Gasteiger partial charge in [0.2, 0.25) is 0 Å². The number of nitrogens with zero attached hydrogens (tertiary/aromatic N) is 2. The van der Waals surface area contributed by atoms with E-state index in [1.54, 1.807) is 0 Å². The molecule has 6 aromatic carbocycles. The molecule has 0 amide bonds. The Kier molecular flexibility index (Phi) is 4.24. The molecular weight excluding hydrogens is 492 g/mol. The zero-order valence-electron chi connectivity index (χ0n) is 21.0. The van der Waals surface area contributed by atoms with Crippen LogP contribution in [0.15, 0.2) is 134 Å². The predicted molar refractivity (Wildman–Crippen MR) is 168 cm³/mol. The van der Waals surface area contributed by atoms with Crippen LogP contribution in [-0.4, -0.2) is 9.13 Å². The van der Waals surface area contributed by atoms with Crippen LogP contribution >= 0.6 is 11.3 Å². The molecule has 0 radical (unpaired) electrons. The van der Waals surface area contributed by atoms with E-state index in [4.69, 9.17) is 0 Å². The molecule has 39 heavy (non-hydrogen) atoms. The molecule has 0 aliphatic heterocycles. The summed E-state index contributed by atoms with van der Waals surface area (Å²) in [5, 5.41) is 9.08. The van der Waals surface area contributed by atoms with Crippen LogP contribution in [0.1, 0.15) is 0 Å². The molecule has 9 rings (SSSR count). The van der Waals surface area contributed by atoms with Gasteiger partial charge in [-0.25, -0.2) is 0 Å². The van der Waals surface area contributed by atoms with Crippen LogP contribution in [0.5, 0.6) is 0 Å². The summed E-state index contributed by atoms with van der Waals surface area (Å²) in [6.45, 7) is 0. The third kappa shape index (κ3) is 2.91. The van der Waals surface area contributed by atoms with Crippen LogP contribution in [0.3, 0.4) is 0 Å². The van der Waals surface area contributed by atoms with Crippen molar-refractivity contribution >= 4 is 75.0 Å². The van der Waals surface area contributed by atoms with Crippen molar-refractivity contribution in [2.24, 2.45) is 0 Å². The minimum Gasteiger partial charge on any atom is -0.317 e. The Labute approximate surface area is 228 Å². The Morgan fingerprint density at radius 2 is 1.26 bits per heavy atom. The molecule has 0 spiro atoms. The molecule has 0 fully saturated rings. The first kappa shape index (κ1) is 21.1. The summed E-state index contributed by atoms with van der Waals surface area (Å²) in [6, 6.07) is 46.4. The summed E-state index contributed by atoms with van der Waals surface area (Å²) in [7, 11) is 0. The zero-order valence-corrected chi connectivity index (χ0v) is 21.8. The molecule has 2 nitrogen and oxygen atoms in total. The lowest BCUT2D eigenvalue weighted by molar-refractivity contribution is 1.13. The van der Waals surface area contributed by atoms with Gasteiger partial charge in [-0.1, -0.05) is 78.9 Å². The maximum absolute atomic E-state index is 2.45. The van der Waals surface area contributed by atoms with Crippen molar-refractivity contribution in [2.75, 3.05) is 0 Å². The fourth-order valence-electron chi connectivity index (χ4n) is 6.38. The average Bonchev–Trinajstić information content (AvgIpc) is 3.69. The largest absolute Gasteiger partial charge is 0.317 e. The highest BCUT2D eigenvalue weighted by atomic mass is 32.1. The Hall–Kier alpha value is -4.86. The summed E-state index contributed by atoms with van der Waals surface area (Å²) >= 11 is 1.91. The van der Waals surface area contributed by atoms with Crippen molar-refractivity contribution in [1.82, 2.24) is 9.13 Å².